The van der Waals surface area contributed by atoms with Crippen LogP contribution in [0.3, 0.4) is 0 Å². The van der Waals surface area contributed by atoms with Crippen molar-refractivity contribution in [2.24, 2.45) is 28.6 Å². The molecule has 7 atom stereocenters. The van der Waals surface area contributed by atoms with Gasteiger partial charge in [0.2, 0.25) is 0 Å². The van der Waals surface area contributed by atoms with E-state index in [0.717, 1.165) is 6.08 Å². The molecule has 0 amide bonds. The van der Waals surface area contributed by atoms with Gasteiger partial charge in [0.05, 0.1) is 5.41 Å². The molecule has 0 aromatic carbocycles. The summed E-state index contributed by atoms with van der Waals surface area (Å²) in [4.78, 5) is 25.4. The lowest BCUT2D eigenvalue weighted by molar-refractivity contribution is -0.188. The number of aliphatic hydroxyl groups is 3. The number of aliphatic hydroxyl groups excluding tert-OH is 2. The Morgan fingerprint density at radius 1 is 1.25 bits per heavy atom. The van der Waals surface area contributed by atoms with Gasteiger partial charge in [0.15, 0.2) is 11.6 Å². The summed E-state index contributed by atoms with van der Waals surface area (Å²) in [5, 5.41) is 30.7. The SMILES string of the molecule is CC1C[C@H]2[C@@H]3CCC4=CC(O)=CC(=O)[C@]4(C)C3(F)CC[C@]2(C)[C@@]1(O)C(=O)CO. The summed E-state index contributed by atoms with van der Waals surface area (Å²) >= 11 is 0. The fourth-order valence-electron chi connectivity index (χ4n) is 7.26. The molecule has 28 heavy (non-hydrogen) atoms. The zero-order valence-electron chi connectivity index (χ0n) is 16.7. The van der Waals surface area contributed by atoms with Crippen LogP contribution in [0.25, 0.3) is 0 Å². The number of ketones is 2. The van der Waals surface area contributed by atoms with Crippen molar-refractivity contribution in [1.82, 2.24) is 0 Å². The highest BCUT2D eigenvalue weighted by molar-refractivity contribution is 6.00. The summed E-state index contributed by atoms with van der Waals surface area (Å²) in [6.07, 6.45) is 4.47. The molecule has 5 nitrogen and oxygen atoms in total. The summed E-state index contributed by atoms with van der Waals surface area (Å²) < 4.78 is 16.8. The van der Waals surface area contributed by atoms with E-state index in [1.807, 2.05) is 6.92 Å². The topological polar surface area (TPSA) is 94.8 Å². The van der Waals surface area contributed by atoms with Crippen LogP contribution in [0.4, 0.5) is 4.39 Å². The highest BCUT2D eigenvalue weighted by Crippen LogP contribution is 2.70. The Hall–Kier alpha value is -1.53. The second kappa shape index (κ2) is 5.76. The molecule has 0 heterocycles. The van der Waals surface area contributed by atoms with Crippen molar-refractivity contribution < 1.29 is 29.3 Å². The second-order valence-corrected chi connectivity index (χ2v) is 9.74. The van der Waals surface area contributed by atoms with E-state index >= 15 is 4.39 Å². The van der Waals surface area contributed by atoms with Crippen molar-refractivity contribution in [2.45, 2.75) is 64.1 Å². The fraction of sp³-hybridized carbons (Fsp3) is 0.727. The lowest BCUT2D eigenvalue weighted by Crippen LogP contribution is -2.65. The number of fused-ring (bicyclic) bond motifs is 5. The number of hydrogen-bond donors (Lipinski definition) is 3. The monoisotopic (exact) mass is 392 g/mol. The molecule has 4 rings (SSSR count). The van der Waals surface area contributed by atoms with Crippen LogP contribution < -0.4 is 0 Å². The Labute approximate surface area is 164 Å². The first-order valence-corrected chi connectivity index (χ1v) is 10.2. The molecule has 0 saturated heterocycles. The zero-order valence-corrected chi connectivity index (χ0v) is 16.7. The zero-order chi connectivity index (χ0) is 20.7. The Morgan fingerprint density at radius 3 is 2.57 bits per heavy atom. The minimum atomic E-state index is -1.79. The molecule has 0 aliphatic heterocycles. The summed E-state index contributed by atoms with van der Waals surface area (Å²) in [5.74, 6) is -2.24. The second-order valence-electron chi connectivity index (χ2n) is 9.74. The molecule has 0 bridgehead atoms. The molecule has 154 valence electrons. The molecule has 3 fully saturated rings. The van der Waals surface area contributed by atoms with Crippen LogP contribution in [-0.4, -0.2) is 44.8 Å². The maximum Gasteiger partial charge on any atom is 0.190 e. The average Bonchev–Trinajstić information content (AvgIpc) is 2.85. The van der Waals surface area contributed by atoms with Crippen molar-refractivity contribution >= 4 is 11.6 Å². The predicted molar refractivity (Wildman–Crippen MR) is 100 cm³/mol. The van der Waals surface area contributed by atoms with Gasteiger partial charge >= 0.3 is 0 Å². The number of allylic oxidation sites excluding steroid dienone is 3. The fourth-order valence-corrected chi connectivity index (χ4v) is 7.26. The summed E-state index contributed by atoms with van der Waals surface area (Å²) in [7, 11) is 0. The highest BCUT2D eigenvalue weighted by atomic mass is 19.1. The number of alkyl halides is 1. The summed E-state index contributed by atoms with van der Waals surface area (Å²) in [6, 6.07) is 0. The molecule has 0 spiro atoms. The molecule has 3 N–H and O–H groups in total. The van der Waals surface area contributed by atoms with Crippen molar-refractivity contribution in [2.75, 3.05) is 6.61 Å². The lowest BCUT2D eigenvalue weighted by atomic mass is 9.45. The molecular formula is C22H29FO5. The Balaban J connectivity index is 1.80. The van der Waals surface area contributed by atoms with Gasteiger partial charge in [-0.15, -0.1) is 0 Å². The van der Waals surface area contributed by atoms with Crippen LogP contribution in [0.15, 0.2) is 23.5 Å². The number of rotatable bonds is 2. The van der Waals surface area contributed by atoms with Crippen molar-refractivity contribution in [3.63, 3.8) is 0 Å². The van der Waals surface area contributed by atoms with Crippen LogP contribution in [0, 0.1) is 28.6 Å². The van der Waals surface area contributed by atoms with Crippen LogP contribution in [0.1, 0.15) is 52.9 Å². The van der Waals surface area contributed by atoms with E-state index in [4.69, 9.17) is 0 Å². The number of carbonyl (C=O) groups excluding carboxylic acids is 2. The van der Waals surface area contributed by atoms with Gasteiger partial charge in [-0.2, -0.15) is 0 Å². The van der Waals surface area contributed by atoms with Crippen LogP contribution in [-0.2, 0) is 9.59 Å². The van der Waals surface area contributed by atoms with E-state index in [0.29, 0.717) is 24.8 Å². The molecule has 4 aliphatic carbocycles. The third-order valence-corrected chi connectivity index (χ3v) is 8.95. The number of hydrogen-bond acceptors (Lipinski definition) is 5. The van der Waals surface area contributed by atoms with Crippen LogP contribution in [0.2, 0.25) is 0 Å². The molecule has 3 saturated carbocycles. The maximum absolute atomic E-state index is 16.8. The average molecular weight is 392 g/mol. The van der Waals surface area contributed by atoms with E-state index in [9.17, 15) is 24.9 Å². The smallest absolute Gasteiger partial charge is 0.190 e. The van der Waals surface area contributed by atoms with Crippen LogP contribution in [0.5, 0.6) is 0 Å². The summed E-state index contributed by atoms with van der Waals surface area (Å²) in [6.45, 7) is 4.54. The third-order valence-electron chi connectivity index (χ3n) is 8.95. The molecule has 2 unspecified atom stereocenters. The highest BCUT2D eigenvalue weighted by Gasteiger charge is 2.74. The predicted octanol–water partition coefficient (Wildman–Crippen LogP) is 2.81. The van der Waals surface area contributed by atoms with Gasteiger partial charge in [-0.25, -0.2) is 4.39 Å². The van der Waals surface area contributed by atoms with Gasteiger partial charge < -0.3 is 15.3 Å². The van der Waals surface area contributed by atoms with E-state index in [1.165, 1.54) is 6.08 Å². The van der Waals surface area contributed by atoms with Gasteiger partial charge in [0.1, 0.15) is 23.6 Å². The van der Waals surface area contributed by atoms with Gasteiger partial charge in [-0.3, -0.25) is 9.59 Å². The van der Waals surface area contributed by atoms with Crippen LogP contribution >= 0.6 is 0 Å². The van der Waals surface area contributed by atoms with Gasteiger partial charge in [0.25, 0.3) is 0 Å². The Kier molecular flexibility index (Phi) is 4.07. The molecule has 6 heteroatoms. The molecule has 4 aliphatic rings. The van der Waals surface area contributed by atoms with Gasteiger partial charge in [-0.1, -0.05) is 13.8 Å². The summed E-state index contributed by atoms with van der Waals surface area (Å²) in [5.41, 5.74) is -5.00. The van der Waals surface area contributed by atoms with E-state index in [1.54, 1.807) is 13.8 Å². The number of carbonyl (C=O) groups is 2. The van der Waals surface area contributed by atoms with Gasteiger partial charge in [-0.05, 0) is 68.4 Å². The van der Waals surface area contributed by atoms with E-state index in [-0.39, 0.29) is 30.4 Å². The standard InChI is InChI=1S/C22H29FO5/c1-12-8-16-15-5-4-13-9-14(25)10-17(26)20(13,3)21(15,23)7-6-19(16,2)22(12,28)18(27)11-24/h9-10,12,15-16,24-25,28H,4-8,11H2,1-3H3/t12?,15-,16-,19-,20+,21?,22-/m0/s1. The normalized spacial score (nSPS) is 50.2. The lowest BCUT2D eigenvalue weighted by Gasteiger charge is -2.60. The number of halogens is 1. The Bertz CT molecular complexity index is 818. The van der Waals surface area contributed by atoms with E-state index < -0.39 is 46.2 Å². The first-order valence-electron chi connectivity index (χ1n) is 10.2. The third kappa shape index (κ3) is 1.98. The molecular weight excluding hydrogens is 363 g/mol. The minimum absolute atomic E-state index is 0.0621. The van der Waals surface area contributed by atoms with Crippen molar-refractivity contribution in [1.29, 1.82) is 0 Å². The molecule has 0 radical (unpaired) electrons. The van der Waals surface area contributed by atoms with Crippen molar-refractivity contribution in [3.05, 3.63) is 23.5 Å². The quantitative estimate of drug-likeness (QED) is 0.672. The molecule has 0 aromatic heterocycles. The molecule has 0 aromatic rings. The Morgan fingerprint density at radius 2 is 1.93 bits per heavy atom. The van der Waals surface area contributed by atoms with Gasteiger partial charge in [0, 0.05) is 11.5 Å². The largest absolute Gasteiger partial charge is 0.508 e. The number of Topliss-reactive ketones (excluding diaryl/α,β-unsaturated/α-hetero) is 1. The minimum Gasteiger partial charge on any atom is -0.508 e. The first-order chi connectivity index (χ1) is 13.0. The van der Waals surface area contributed by atoms with E-state index in [2.05, 4.69) is 0 Å². The first kappa shape index (κ1) is 19.8. The maximum atomic E-state index is 16.8. The van der Waals surface area contributed by atoms with Crippen molar-refractivity contribution in [3.8, 4) is 0 Å².